The molecule has 4 aromatic rings. The Balaban J connectivity index is 1.42. The van der Waals surface area contributed by atoms with Crippen LogP contribution in [-0.2, 0) is 11.2 Å². The third-order valence-corrected chi connectivity index (χ3v) is 5.87. The Bertz CT molecular complexity index is 1420. The highest BCUT2D eigenvalue weighted by molar-refractivity contribution is 6.09. The molecule has 2 aromatic heterocycles. The van der Waals surface area contributed by atoms with E-state index in [0.29, 0.717) is 50.7 Å². The highest BCUT2D eigenvalue weighted by Gasteiger charge is 2.22. The number of rotatable bonds is 8. The van der Waals surface area contributed by atoms with Gasteiger partial charge in [-0.25, -0.2) is 9.78 Å². The number of primary amides is 1. The predicted octanol–water partition coefficient (Wildman–Crippen LogP) is 2.80. The van der Waals surface area contributed by atoms with Crippen LogP contribution in [0, 0.1) is 0 Å². The van der Waals surface area contributed by atoms with Gasteiger partial charge in [-0.2, -0.15) is 4.98 Å². The molecule has 10 heteroatoms. The molecule has 0 spiro atoms. The molecule has 0 unspecified atom stereocenters. The molecule has 1 fully saturated rings. The van der Waals surface area contributed by atoms with Crippen LogP contribution in [0.3, 0.4) is 0 Å². The summed E-state index contributed by atoms with van der Waals surface area (Å²) in [6, 6.07) is 17.6. The molecule has 188 valence electrons. The maximum Gasteiger partial charge on any atom is 0.362 e. The van der Waals surface area contributed by atoms with Crippen molar-refractivity contribution < 1.29 is 23.8 Å². The number of amides is 1. The number of nitrogens with two attached hydrogens (primary N) is 1. The number of hydrogen-bond donors (Lipinski definition) is 1. The first-order chi connectivity index (χ1) is 18.1. The largest absolute Gasteiger partial charge is 0.477 e. The van der Waals surface area contributed by atoms with Crippen LogP contribution in [0.1, 0.15) is 26.5 Å². The summed E-state index contributed by atoms with van der Waals surface area (Å²) in [6.07, 6.45) is 2.29. The first-order valence-electron chi connectivity index (χ1n) is 11.9. The second kappa shape index (κ2) is 11.0. The van der Waals surface area contributed by atoms with Crippen LogP contribution in [0.2, 0.25) is 0 Å². The van der Waals surface area contributed by atoms with E-state index in [4.69, 9.17) is 19.9 Å². The minimum Gasteiger partial charge on any atom is -0.477 e. The standard InChI is InChI=1S/C27H25N5O5/c28-25(33)24-20-7-2-1-5-18(20)8-9-22(24)37-26(34)21-17-23(36-14-10-19-6-3-4-11-29-19)31-27(30-21)32-12-15-35-16-13-32/h1-9,11,17H,10,12-16H2,(H2,28,33). The monoisotopic (exact) mass is 499 g/mol. The molecule has 1 amide bonds. The van der Waals surface area contributed by atoms with Gasteiger partial charge in [0.2, 0.25) is 11.8 Å². The number of esters is 1. The van der Waals surface area contributed by atoms with Gasteiger partial charge in [0.05, 0.1) is 25.4 Å². The van der Waals surface area contributed by atoms with Gasteiger partial charge in [0.1, 0.15) is 5.75 Å². The van der Waals surface area contributed by atoms with Gasteiger partial charge in [-0.15, -0.1) is 0 Å². The lowest BCUT2D eigenvalue weighted by molar-refractivity contribution is 0.0726. The third kappa shape index (κ3) is 5.65. The maximum absolute atomic E-state index is 13.2. The van der Waals surface area contributed by atoms with Crippen molar-refractivity contribution in [2.24, 2.45) is 5.73 Å². The van der Waals surface area contributed by atoms with Crippen LogP contribution in [-0.4, -0.2) is 59.7 Å². The molecule has 0 aliphatic carbocycles. The Morgan fingerprint density at radius 1 is 1.00 bits per heavy atom. The zero-order valence-corrected chi connectivity index (χ0v) is 20.0. The van der Waals surface area contributed by atoms with Gasteiger partial charge in [0, 0.05) is 37.5 Å². The zero-order valence-electron chi connectivity index (χ0n) is 20.0. The summed E-state index contributed by atoms with van der Waals surface area (Å²) in [5, 5.41) is 1.40. The number of nitrogens with zero attached hydrogens (tertiary/aromatic N) is 4. The van der Waals surface area contributed by atoms with Crippen molar-refractivity contribution in [1.29, 1.82) is 0 Å². The number of carbonyl (C=O) groups excluding carboxylic acids is 2. The summed E-state index contributed by atoms with van der Waals surface area (Å²) in [5.74, 6) is -0.841. The maximum atomic E-state index is 13.2. The number of morpholine rings is 1. The van der Waals surface area contributed by atoms with Gasteiger partial charge < -0.3 is 24.8 Å². The van der Waals surface area contributed by atoms with Crippen molar-refractivity contribution in [3.8, 4) is 11.6 Å². The molecule has 10 nitrogen and oxygen atoms in total. The van der Waals surface area contributed by atoms with Crippen LogP contribution in [0.15, 0.2) is 66.9 Å². The van der Waals surface area contributed by atoms with Gasteiger partial charge in [0.15, 0.2) is 5.69 Å². The van der Waals surface area contributed by atoms with Gasteiger partial charge >= 0.3 is 5.97 Å². The van der Waals surface area contributed by atoms with Gasteiger partial charge in [-0.3, -0.25) is 9.78 Å². The molecule has 2 aromatic carbocycles. The molecule has 0 atom stereocenters. The molecule has 2 N–H and O–H groups in total. The lowest BCUT2D eigenvalue weighted by Gasteiger charge is -2.27. The quantitative estimate of drug-likeness (QED) is 0.287. The van der Waals surface area contributed by atoms with Crippen LogP contribution in [0.25, 0.3) is 10.8 Å². The number of ether oxygens (including phenoxy) is 3. The molecule has 3 heterocycles. The molecule has 0 radical (unpaired) electrons. The number of aromatic nitrogens is 3. The van der Waals surface area contributed by atoms with Crippen LogP contribution >= 0.6 is 0 Å². The molecular weight excluding hydrogens is 474 g/mol. The SMILES string of the molecule is NC(=O)c1c(OC(=O)c2cc(OCCc3ccccn3)nc(N3CCOCC3)n2)ccc2ccccc12. The Morgan fingerprint density at radius 3 is 2.59 bits per heavy atom. The Labute approximate surface area is 213 Å². The van der Waals surface area contributed by atoms with Crippen molar-refractivity contribution in [3.05, 3.63) is 83.8 Å². The van der Waals surface area contributed by atoms with Crippen molar-refractivity contribution in [2.45, 2.75) is 6.42 Å². The molecule has 1 aliphatic rings. The normalized spacial score (nSPS) is 13.4. The van der Waals surface area contributed by atoms with E-state index in [2.05, 4.69) is 15.0 Å². The summed E-state index contributed by atoms with van der Waals surface area (Å²) < 4.78 is 16.9. The van der Waals surface area contributed by atoms with E-state index in [-0.39, 0.29) is 22.9 Å². The number of fused-ring (bicyclic) bond motifs is 1. The minimum atomic E-state index is -0.760. The number of benzene rings is 2. The smallest absolute Gasteiger partial charge is 0.362 e. The van der Waals surface area contributed by atoms with Gasteiger partial charge in [-0.1, -0.05) is 36.4 Å². The van der Waals surface area contributed by atoms with Crippen molar-refractivity contribution in [1.82, 2.24) is 15.0 Å². The predicted molar refractivity (Wildman–Crippen MR) is 136 cm³/mol. The van der Waals surface area contributed by atoms with E-state index in [1.165, 1.54) is 6.07 Å². The average Bonchev–Trinajstić information content (AvgIpc) is 2.93. The van der Waals surface area contributed by atoms with Crippen LogP contribution in [0.4, 0.5) is 5.95 Å². The van der Waals surface area contributed by atoms with Crippen molar-refractivity contribution in [3.63, 3.8) is 0 Å². The van der Waals surface area contributed by atoms with Gasteiger partial charge in [-0.05, 0) is 29.0 Å². The number of pyridine rings is 1. The fourth-order valence-corrected chi connectivity index (χ4v) is 4.05. The van der Waals surface area contributed by atoms with E-state index in [0.717, 1.165) is 11.1 Å². The van der Waals surface area contributed by atoms with Crippen LogP contribution in [0.5, 0.6) is 11.6 Å². The number of anilines is 1. The van der Waals surface area contributed by atoms with E-state index < -0.39 is 11.9 Å². The third-order valence-electron chi connectivity index (χ3n) is 5.87. The molecule has 1 saturated heterocycles. The number of hydrogen-bond acceptors (Lipinski definition) is 9. The molecule has 5 rings (SSSR count). The topological polar surface area (TPSA) is 130 Å². The summed E-state index contributed by atoms with van der Waals surface area (Å²) in [5.41, 5.74) is 6.64. The first kappa shape index (κ1) is 24.1. The summed E-state index contributed by atoms with van der Waals surface area (Å²) >= 11 is 0. The summed E-state index contributed by atoms with van der Waals surface area (Å²) in [7, 11) is 0. The first-order valence-corrected chi connectivity index (χ1v) is 11.9. The Kier molecular flexibility index (Phi) is 7.18. The fraction of sp³-hybridized carbons (Fsp3) is 0.222. The molecular formula is C27H25N5O5. The van der Waals surface area contributed by atoms with Crippen molar-refractivity contribution in [2.75, 3.05) is 37.8 Å². The molecule has 1 aliphatic heterocycles. The Hall–Kier alpha value is -4.57. The lowest BCUT2D eigenvalue weighted by atomic mass is 10.0. The molecule has 37 heavy (non-hydrogen) atoms. The highest BCUT2D eigenvalue weighted by atomic mass is 16.5. The Morgan fingerprint density at radius 2 is 1.81 bits per heavy atom. The van der Waals surface area contributed by atoms with E-state index in [1.54, 1.807) is 30.5 Å². The average molecular weight is 500 g/mol. The zero-order chi connectivity index (χ0) is 25.6. The lowest BCUT2D eigenvalue weighted by Crippen LogP contribution is -2.37. The number of carbonyl (C=O) groups is 2. The summed E-state index contributed by atoms with van der Waals surface area (Å²) in [4.78, 5) is 40.6. The van der Waals surface area contributed by atoms with Crippen molar-refractivity contribution >= 4 is 28.6 Å². The minimum absolute atomic E-state index is 0.00657. The highest BCUT2D eigenvalue weighted by Crippen LogP contribution is 2.29. The molecule has 0 saturated carbocycles. The van der Waals surface area contributed by atoms with E-state index >= 15 is 0 Å². The van der Waals surface area contributed by atoms with Crippen LogP contribution < -0.4 is 20.1 Å². The fourth-order valence-electron chi connectivity index (χ4n) is 4.05. The van der Waals surface area contributed by atoms with Gasteiger partial charge in [0.25, 0.3) is 5.91 Å². The van der Waals surface area contributed by atoms with E-state index in [9.17, 15) is 9.59 Å². The molecule has 0 bridgehead atoms. The van der Waals surface area contributed by atoms with E-state index in [1.807, 2.05) is 35.2 Å². The second-order valence-electron chi connectivity index (χ2n) is 8.32. The second-order valence-corrected chi connectivity index (χ2v) is 8.32. The summed E-state index contributed by atoms with van der Waals surface area (Å²) in [6.45, 7) is 2.49.